The van der Waals surface area contributed by atoms with Crippen molar-refractivity contribution in [1.82, 2.24) is 5.32 Å². The summed E-state index contributed by atoms with van der Waals surface area (Å²) in [5.41, 5.74) is 0. The summed E-state index contributed by atoms with van der Waals surface area (Å²) >= 11 is 0. The second kappa shape index (κ2) is 36.2. The summed E-state index contributed by atoms with van der Waals surface area (Å²) in [6.07, 6.45) is 17.4. The van der Waals surface area contributed by atoms with E-state index in [1.165, 1.54) is 70.6 Å². The van der Waals surface area contributed by atoms with Crippen molar-refractivity contribution in [3.8, 4) is 0 Å². The molecule has 0 aromatic heterocycles. The number of rotatable bonds is 35. The van der Waals surface area contributed by atoms with Crippen LogP contribution in [-0.2, 0) is 38.0 Å². The average Bonchev–Trinajstić information content (AvgIpc) is 2.96. The molecular formula is C31H63NO8. The zero-order chi connectivity index (χ0) is 29.0. The fraction of sp³-hybridized carbons (Fsp3) is 0.968. The van der Waals surface area contributed by atoms with E-state index in [1.807, 2.05) is 7.05 Å². The number of hydrogen-bond acceptors (Lipinski definition) is 9. The minimum absolute atomic E-state index is 0.123. The number of hydrogen-bond donors (Lipinski definition) is 1. The standard InChI is InChI=1S/C31H63NO8/c1-3-4-5-6-7-8-9-10-11-12-13-14-15-16-31(33)40-30-29-39-28-27-38-26-25-37-24-23-36-22-21-35-20-19-34-18-17-32-2/h32H,3-30H2,1-2H3. The van der Waals surface area contributed by atoms with E-state index in [0.29, 0.717) is 92.3 Å². The fourth-order valence-electron chi connectivity index (χ4n) is 3.95. The van der Waals surface area contributed by atoms with Crippen LogP contribution in [0.2, 0.25) is 0 Å². The number of ether oxygens (including phenoxy) is 7. The predicted octanol–water partition coefficient (Wildman–Crippen LogP) is 5.33. The maximum atomic E-state index is 11.8. The third kappa shape index (κ3) is 35.2. The predicted molar refractivity (Wildman–Crippen MR) is 160 cm³/mol. The van der Waals surface area contributed by atoms with E-state index in [4.69, 9.17) is 33.2 Å². The van der Waals surface area contributed by atoms with Crippen molar-refractivity contribution < 1.29 is 38.0 Å². The van der Waals surface area contributed by atoms with Gasteiger partial charge in [0.15, 0.2) is 0 Å². The van der Waals surface area contributed by atoms with Crippen molar-refractivity contribution in [2.45, 2.75) is 96.8 Å². The van der Waals surface area contributed by atoms with Crippen molar-refractivity contribution in [3.63, 3.8) is 0 Å². The van der Waals surface area contributed by atoms with Crippen LogP contribution < -0.4 is 5.32 Å². The van der Waals surface area contributed by atoms with Crippen LogP contribution in [-0.4, -0.2) is 105 Å². The highest BCUT2D eigenvalue weighted by molar-refractivity contribution is 5.69. The van der Waals surface area contributed by atoms with Gasteiger partial charge in [0.25, 0.3) is 0 Å². The molecule has 0 aliphatic heterocycles. The Hall–Kier alpha value is -0.810. The maximum absolute atomic E-state index is 11.8. The number of carbonyl (C=O) groups excluding carboxylic acids is 1. The molecule has 0 aromatic rings. The van der Waals surface area contributed by atoms with Crippen LogP contribution in [0.4, 0.5) is 0 Å². The molecule has 0 unspecified atom stereocenters. The van der Waals surface area contributed by atoms with Gasteiger partial charge in [0.05, 0.1) is 79.3 Å². The summed E-state index contributed by atoms with van der Waals surface area (Å²) in [5, 5.41) is 3.02. The monoisotopic (exact) mass is 577 g/mol. The number of nitrogens with one attached hydrogen (secondary N) is 1. The Morgan fingerprint density at radius 2 is 0.775 bits per heavy atom. The lowest BCUT2D eigenvalue weighted by Crippen LogP contribution is -2.17. The quantitative estimate of drug-likeness (QED) is 0.0792. The van der Waals surface area contributed by atoms with Gasteiger partial charge in [-0.2, -0.15) is 0 Å². The smallest absolute Gasteiger partial charge is 0.305 e. The van der Waals surface area contributed by atoms with E-state index in [9.17, 15) is 4.79 Å². The summed E-state index contributed by atoms with van der Waals surface area (Å²) in [7, 11) is 1.90. The molecule has 0 aromatic carbocycles. The van der Waals surface area contributed by atoms with Crippen molar-refractivity contribution in [3.05, 3.63) is 0 Å². The molecule has 0 spiro atoms. The molecule has 0 amide bonds. The van der Waals surface area contributed by atoms with Gasteiger partial charge in [0.1, 0.15) is 6.61 Å². The Morgan fingerprint density at radius 3 is 1.15 bits per heavy atom. The Labute approximate surface area is 245 Å². The van der Waals surface area contributed by atoms with Gasteiger partial charge in [-0.1, -0.05) is 84.0 Å². The fourth-order valence-corrected chi connectivity index (χ4v) is 3.95. The third-order valence-electron chi connectivity index (χ3n) is 6.33. The maximum Gasteiger partial charge on any atom is 0.305 e. The van der Waals surface area contributed by atoms with Crippen LogP contribution in [0.15, 0.2) is 0 Å². The molecule has 1 N–H and O–H groups in total. The Bertz CT molecular complexity index is 484. The summed E-state index contributed by atoms with van der Waals surface area (Å²) in [5.74, 6) is -0.123. The molecule has 0 aliphatic rings. The van der Waals surface area contributed by atoms with Crippen molar-refractivity contribution in [1.29, 1.82) is 0 Å². The Balaban J connectivity index is 3.13. The summed E-state index contributed by atoms with van der Waals surface area (Å²) in [4.78, 5) is 11.8. The molecule has 9 heteroatoms. The lowest BCUT2D eigenvalue weighted by atomic mass is 10.0. The van der Waals surface area contributed by atoms with Gasteiger partial charge in [-0.25, -0.2) is 0 Å². The molecule has 0 atom stereocenters. The first-order valence-electron chi connectivity index (χ1n) is 16.1. The van der Waals surface area contributed by atoms with Crippen LogP contribution in [0.3, 0.4) is 0 Å². The molecule has 0 radical (unpaired) electrons. The molecular weight excluding hydrogens is 514 g/mol. The zero-order valence-electron chi connectivity index (χ0n) is 26.1. The van der Waals surface area contributed by atoms with E-state index in [0.717, 1.165) is 19.4 Å². The van der Waals surface area contributed by atoms with E-state index in [2.05, 4.69) is 12.2 Å². The highest BCUT2D eigenvalue weighted by Gasteiger charge is 2.03. The highest BCUT2D eigenvalue weighted by Crippen LogP contribution is 2.13. The second-order valence-corrected chi connectivity index (χ2v) is 9.99. The molecule has 0 aliphatic carbocycles. The molecule has 0 heterocycles. The Kier molecular flexibility index (Phi) is 35.5. The summed E-state index contributed by atoms with van der Waals surface area (Å²) in [6, 6.07) is 0. The molecule has 0 rings (SSSR count). The lowest BCUT2D eigenvalue weighted by Gasteiger charge is -2.08. The van der Waals surface area contributed by atoms with E-state index in [1.54, 1.807) is 0 Å². The second-order valence-electron chi connectivity index (χ2n) is 9.99. The van der Waals surface area contributed by atoms with Crippen LogP contribution in [0.5, 0.6) is 0 Å². The van der Waals surface area contributed by atoms with Crippen molar-refractivity contribution in [2.75, 3.05) is 99.5 Å². The van der Waals surface area contributed by atoms with Gasteiger partial charge in [0, 0.05) is 13.0 Å². The summed E-state index contributed by atoms with van der Waals surface area (Å²) in [6.45, 7) is 9.82. The number of likely N-dealkylation sites (N-methyl/N-ethyl adjacent to an activating group) is 1. The van der Waals surface area contributed by atoms with Gasteiger partial charge in [-0.05, 0) is 13.5 Å². The average molecular weight is 578 g/mol. The first kappa shape index (κ1) is 39.2. The van der Waals surface area contributed by atoms with Crippen LogP contribution in [0.1, 0.15) is 96.8 Å². The summed E-state index contributed by atoms with van der Waals surface area (Å²) < 4.78 is 37.8. The first-order chi connectivity index (χ1) is 19.8. The first-order valence-corrected chi connectivity index (χ1v) is 16.1. The van der Waals surface area contributed by atoms with Gasteiger partial charge in [0.2, 0.25) is 0 Å². The van der Waals surface area contributed by atoms with E-state index >= 15 is 0 Å². The Morgan fingerprint density at radius 1 is 0.450 bits per heavy atom. The molecule has 0 saturated carbocycles. The number of esters is 1. The van der Waals surface area contributed by atoms with Crippen LogP contribution in [0.25, 0.3) is 0 Å². The van der Waals surface area contributed by atoms with Gasteiger partial charge < -0.3 is 38.5 Å². The highest BCUT2D eigenvalue weighted by atomic mass is 16.6. The minimum Gasteiger partial charge on any atom is -0.463 e. The van der Waals surface area contributed by atoms with E-state index in [-0.39, 0.29) is 5.97 Å². The van der Waals surface area contributed by atoms with Gasteiger partial charge in [-0.15, -0.1) is 0 Å². The van der Waals surface area contributed by atoms with Gasteiger partial charge in [-0.3, -0.25) is 4.79 Å². The van der Waals surface area contributed by atoms with Crippen molar-refractivity contribution in [2.24, 2.45) is 0 Å². The zero-order valence-corrected chi connectivity index (χ0v) is 26.1. The third-order valence-corrected chi connectivity index (χ3v) is 6.33. The number of unbranched alkanes of at least 4 members (excludes halogenated alkanes) is 12. The van der Waals surface area contributed by atoms with E-state index < -0.39 is 0 Å². The van der Waals surface area contributed by atoms with Gasteiger partial charge >= 0.3 is 5.97 Å². The largest absolute Gasteiger partial charge is 0.463 e. The molecule has 0 bridgehead atoms. The van der Waals surface area contributed by atoms with Crippen LogP contribution >= 0.6 is 0 Å². The van der Waals surface area contributed by atoms with Crippen molar-refractivity contribution >= 4 is 5.97 Å². The molecule has 9 nitrogen and oxygen atoms in total. The topological polar surface area (TPSA) is 93.7 Å². The lowest BCUT2D eigenvalue weighted by molar-refractivity contribution is -0.145. The molecule has 0 fully saturated rings. The SMILES string of the molecule is CCCCCCCCCCCCCCCC(=O)OCCOCCOCCOCCOCCOCCOCCNC. The minimum atomic E-state index is -0.123. The molecule has 240 valence electrons. The van der Waals surface area contributed by atoms with Crippen LogP contribution in [0, 0.1) is 0 Å². The normalized spacial score (nSPS) is 11.3. The molecule has 0 saturated heterocycles. The molecule has 40 heavy (non-hydrogen) atoms. The number of carbonyl (C=O) groups is 1.